The molecule has 10 heteroatoms. The number of alkyl halides is 1. The molecule has 2 aromatic carbocycles. The van der Waals surface area contributed by atoms with Gasteiger partial charge in [0, 0.05) is 11.6 Å². The molecule has 136 valence electrons. The second-order valence-electron chi connectivity index (χ2n) is 5.31. The molecule has 0 saturated carbocycles. The second-order valence-corrected chi connectivity index (χ2v) is 6.84. The number of nitrogens with zero attached hydrogens (tertiary/aromatic N) is 1. The average molecular weight is 386 g/mol. The Bertz CT molecular complexity index is 1080. The number of rotatable bonds is 4. The molecule has 5 nitrogen and oxygen atoms in total. The normalized spacial score (nSPS) is 11.7. The summed E-state index contributed by atoms with van der Waals surface area (Å²) in [6, 6.07) is 5.38. The third kappa shape index (κ3) is 3.33. The van der Waals surface area contributed by atoms with Gasteiger partial charge >= 0.3 is 0 Å². The lowest BCUT2D eigenvalue weighted by Gasteiger charge is -2.07. The van der Waals surface area contributed by atoms with E-state index in [4.69, 9.17) is 9.66 Å². The average Bonchev–Trinajstić information content (AvgIpc) is 2.96. The molecule has 2 N–H and O–H groups in total. The Kier molecular flexibility index (Phi) is 4.55. The van der Waals surface area contributed by atoms with Crippen LogP contribution >= 0.6 is 0 Å². The quantitative estimate of drug-likeness (QED) is 0.695. The molecule has 3 rings (SSSR count). The molecule has 0 radical (unpaired) electrons. The summed E-state index contributed by atoms with van der Waals surface area (Å²) in [5.41, 5.74) is -0.239. The molecule has 0 saturated heterocycles. The van der Waals surface area contributed by atoms with Gasteiger partial charge in [0.25, 0.3) is 0 Å². The Morgan fingerprint density at radius 1 is 1.00 bits per heavy atom. The topological polar surface area (TPSA) is 86.2 Å². The molecule has 1 aromatic heterocycles. The molecular formula is C16H10F4N2O3S. The first-order valence-electron chi connectivity index (χ1n) is 7.04. The number of nitrogens with two attached hydrogens (primary N) is 1. The van der Waals surface area contributed by atoms with Gasteiger partial charge in [0.05, 0.1) is 5.56 Å². The summed E-state index contributed by atoms with van der Waals surface area (Å²) in [4.78, 5) is -0.752. The molecule has 3 aromatic rings. The summed E-state index contributed by atoms with van der Waals surface area (Å²) >= 11 is 0. The van der Waals surface area contributed by atoms with E-state index in [0.29, 0.717) is 6.07 Å². The summed E-state index contributed by atoms with van der Waals surface area (Å²) in [6.45, 7) is -1.13. The third-order valence-electron chi connectivity index (χ3n) is 3.55. The van der Waals surface area contributed by atoms with Gasteiger partial charge in [-0.1, -0.05) is 11.2 Å². The minimum Gasteiger partial charge on any atom is -0.357 e. The third-order valence-corrected chi connectivity index (χ3v) is 4.49. The van der Waals surface area contributed by atoms with E-state index >= 15 is 0 Å². The first kappa shape index (κ1) is 18.1. The van der Waals surface area contributed by atoms with E-state index in [0.717, 1.165) is 30.3 Å². The minimum absolute atomic E-state index is 0.00321. The molecule has 0 aliphatic rings. The van der Waals surface area contributed by atoms with Crippen molar-refractivity contribution in [3.8, 4) is 22.4 Å². The number of halogens is 4. The van der Waals surface area contributed by atoms with Crippen LogP contribution in [0, 0.1) is 17.5 Å². The summed E-state index contributed by atoms with van der Waals surface area (Å²) in [5.74, 6) is -3.28. The van der Waals surface area contributed by atoms with Gasteiger partial charge in [-0.3, -0.25) is 0 Å². The van der Waals surface area contributed by atoms with Crippen LogP contribution < -0.4 is 5.14 Å². The number of benzene rings is 2. The number of hydrogen-bond acceptors (Lipinski definition) is 4. The lowest BCUT2D eigenvalue weighted by Crippen LogP contribution is -2.14. The van der Waals surface area contributed by atoms with Crippen LogP contribution in [0.3, 0.4) is 0 Å². The number of hydrogen-bond donors (Lipinski definition) is 1. The largest absolute Gasteiger partial charge is 0.357 e. The van der Waals surface area contributed by atoms with E-state index in [1.807, 2.05) is 0 Å². The first-order chi connectivity index (χ1) is 12.2. The fraction of sp³-hybridized carbons (Fsp3) is 0.0625. The van der Waals surface area contributed by atoms with E-state index in [1.54, 1.807) is 0 Å². The Morgan fingerprint density at radius 3 is 2.19 bits per heavy atom. The highest BCUT2D eigenvalue weighted by Gasteiger charge is 2.23. The molecular weight excluding hydrogens is 376 g/mol. The van der Waals surface area contributed by atoms with Gasteiger partial charge in [0.1, 0.15) is 28.0 Å². The summed E-state index contributed by atoms with van der Waals surface area (Å²) in [5, 5.41) is 8.50. The summed E-state index contributed by atoms with van der Waals surface area (Å²) < 4.78 is 81.7. The lowest BCUT2D eigenvalue weighted by molar-refractivity contribution is 0.332. The van der Waals surface area contributed by atoms with Crippen LogP contribution in [-0.4, -0.2) is 13.6 Å². The van der Waals surface area contributed by atoms with Crippen molar-refractivity contribution in [1.82, 2.24) is 5.16 Å². The number of aromatic nitrogens is 1. The van der Waals surface area contributed by atoms with Gasteiger partial charge in [-0.2, -0.15) is 0 Å². The molecule has 26 heavy (non-hydrogen) atoms. The number of sulfonamides is 1. The van der Waals surface area contributed by atoms with Crippen LogP contribution in [0.1, 0.15) is 5.76 Å². The predicted octanol–water partition coefficient (Wildman–Crippen LogP) is 3.54. The zero-order chi connectivity index (χ0) is 19.1. The molecule has 0 aliphatic heterocycles. The van der Waals surface area contributed by atoms with Crippen molar-refractivity contribution < 1.29 is 30.5 Å². The highest BCUT2D eigenvalue weighted by atomic mass is 32.2. The van der Waals surface area contributed by atoms with Gasteiger partial charge in [-0.15, -0.1) is 0 Å². The molecule has 0 atom stereocenters. The van der Waals surface area contributed by atoms with Crippen molar-refractivity contribution in [1.29, 1.82) is 0 Å². The standard InChI is InChI=1S/C16H10F4N2O3S/c17-7-13-15(8-1-2-14(12(20)5-8)26(21,23)24)16(22-25-13)9-3-10(18)6-11(19)4-9/h1-6H,7H2,(H2,21,23,24). The Balaban J connectivity index is 2.22. The van der Waals surface area contributed by atoms with Crippen LogP contribution in [0.15, 0.2) is 45.8 Å². The van der Waals surface area contributed by atoms with E-state index < -0.39 is 39.0 Å². The van der Waals surface area contributed by atoms with E-state index in [2.05, 4.69) is 5.16 Å². The zero-order valence-electron chi connectivity index (χ0n) is 12.8. The Hall–Kier alpha value is -2.72. The van der Waals surface area contributed by atoms with Crippen molar-refractivity contribution in [2.45, 2.75) is 11.6 Å². The second kappa shape index (κ2) is 6.54. The smallest absolute Gasteiger partial charge is 0.240 e. The maximum Gasteiger partial charge on any atom is 0.240 e. The first-order valence-corrected chi connectivity index (χ1v) is 8.59. The maximum absolute atomic E-state index is 14.1. The van der Waals surface area contributed by atoms with Crippen LogP contribution in [0.4, 0.5) is 17.6 Å². The summed E-state index contributed by atoms with van der Waals surface area (Å²) in [7, 11) is -4.30. The molecule has 0 spiro atoms. The molecule has 0 amide bonds. The predicted molar refractivity (Wildman–Crippen MR) is 83.4 cm³/mol. The van der Waals surface area contributed by atoms with Crippen molar-refractivity contribution in [3.05, 3.63) is 59.6 Å². The van der Waals surface area contributed by atoms with Crippen LogP contribution in [0.5, 0.6) is 0 Å². The monoisotopic (exact) mass is 386 g/mol. The highest BCUT2D eigenvalue weighted by Crippen LogP contribution is 2.36. The molecule has 0 aliphatic carbocycles. The van der Waals surface area contributed by atoms with E-state index in [-0.39, 0.29) is 28.1 Å². The van der Waals surface area contributed by atoms with Crippen molar-refractivity contribution in [3.63, 3.8) is 0 Å². The fourth-order valence-corrected chi connectivity index (χ4v) is 3.08. The van der Waals surface area contributed by atoms with Gasteiger partial charge in [-0.05, 0) is 29.8 Å². The summed E-state index contributed by atoms with van der Waals surface area (Å²) in [6.07, 6.45) is 0. The molecule has 0 bridgehead atoms. The lowest BCUT2D eigenvalue weighted by atomic mass is 9.99. The van der Waals surface area contributed by atoms with Gasteiger partial charge < -0.3 is 4.52 Å². The Labute approximate surface area is 145 Å². The SMILES string of the molecule is NS(=O)(=O)c1ccc(-c2c(-c3cc(F)cc(F)c3)noc2CF)cc1F. The van der Waals surface area contributed by atoms with Crippen LogP contribution in [-0.2, 0) is 16.7 Å². The van der Waals surface area contributed by atoms with Crippen molar-refractivity contribution >= 4 is 10.0 Å². The van der Waals surface area contributed by atoms with Gasteiger partial charge in [0.2, 0.25) is 10.0 Å². The van der Waals surface area contributed by atoms with Crippen molar-refractivity contribution in [2.24, 2.45) is 5.14 Å². The highest BCUT2D eigenvalue weighted by molar-refractivity contribution is 7.89. The van der Waals surface area contributed by atoms with E-state index in [9.17, 15) is 26.0 Å². The molecule has 0 fully saturated rings. The van der Waals surface area contributed by atoms with E-state index in [1.165, 1.54) is 0 Å². The van der Waals surface area contributed by atoms with Crippen molar-refractivity contribution in [2.75, 3.05) is 0 Å². The van der Waals surface area contributed by atoms with Crippen LogP contribution in [0.2, 0.25) is 0 Å². The molecule has 0 unspecified atom stereocenters. The Morgan fingerprint density at radius 2 is 1.65 bits per heavy atom. The minimum atomic E-state index is -4.30. The van der Waals surface area contributed by atoms with Gasteiger partial charge in [-0.25, -0.2) is 31.1 Å². The zero-order valence-corrected chi connectivity index (χ0v) is 13.7. The molecule has 1 heterocycles. The maximum atomic E-state index is 14.1. The van der Waals surface area contributed by atoms with Crippen LogP contribution in [0.25, 0.3) is 22.4 Å². The van der Waals surface area contributed by atoms with Gasteiger partial charge in [0.15, 0.2) is 12.4 Å². The number of primary sulfonamides is 1. The fourth-order valence-electron chi connectivity index (χ4n) is 2.49.